The molecule has 2 fully saturated rings. The van der Waals surface area contributed by atoms with Crippen LogP contribution in [0.25, 0.3) is 0 Å². The number of oxime groups is 1. The minimum atomic E-state index is -1.68. The number of methoxy groups -OCH3 is 1. The number of nitro benzene ring substituents is 1. The summed E-state index contributed by atoms with van der Waals surface area (Å²) in [5, 5.41) is 36.7. The molecule has 0 aromatic heterocycles. The van der Waals surface area contributed by atoms with Gasteiger partial charge in [0.15, 0.2) is 17.8 Å². The fourth-order valence-corrected chi connectivity index (χ4v) is 11.0. The van der Waals surface area contributed by atoms with E-state index in [1.54, 1.807) is 47.4 Å². The molecular formula is C55H61N3O15. The molecule has 1 unspecified atom stereocenters. The van der Waals surface area contributed by atoms with Crippen LogP contribution in [0.2, 0.25) is 0 Å². The van der Waals surface area contributed by atoms with Crippen molar-refractivity contribution in [3.63, 3.8) is 0 Å². The van der Waals surface area contributed by atoms with Gasteiger partial charge in [-0.05, 0) is 122 Å². The topological polar surface area (TPSA) is 216 Å². The Morgan fingerprint density at radius 3 is 2.42 bits per heavy atom. The van der Waals surface area contributed by atoms with Crippen molar-refractivity contribution in [2.24, 2.45) is 22.9 Å². The Morgan fingerprint density at radius 1 is 0.932 bits per heavy atom. The zero-order valence-corrected chi connectivity index (χ0v) is 40.8. The molecule has 3 heterocycles. The number of nitro groups is 1. The number of hydrogen-bond acceptors (Lipinski definition) is 16. The number of amides is 1. The summed E-state index contributed by atoms with van der Waals surface area (Å²) in [6.07, 6.45) is 9.66. The number of rotatable bonds is 22. The molecule has 3 aliphatic heterocycles. The third kappa shape index (κ3) is 11.0. The molecule has 0 bridgehead atoms. The smallest absolute Gasteiger partial charge is 0.416 e. The number of carbonyl (C=O) groups excluding carboxylic acids is 2. The summed E-state index contributed by atoms with van der Waals surface area (Å²) >= 11 is 0. The molecule has 9 rings (SSSR count). The molecule has 18 nitrogen and oxygen atoms in total. The summed E-state index contributed by atoms with van der Waals surface area (Å²) in [4.78, 5) is 46.3. The number of fused-ring (bicyclic) bond motifs is 3. The van der Waals surface area contributed by atoms with Gasteiger partial charge in [0.25, 0.3) is 5.69 Å². The van der Waals surface area contributed by atoms with Crippen molar-refractivity contribution < 1.29 is 67.5 Å². The van der Waals surface area contributed by atoms with Gasteiger partial charge in [-0.2, -0.15) is 0 Å². The number of ether oxygens (including phenoxy) is 8. The van der Waals surface area contributed by atoms with E-state index in [0.717, 1.165) is 36.8 Å². The van der Waals surface area contributed by atoms with Crippen molar-refractivity contribution in [2.45, 2.75) is 94.8 Å². The third-order valence-electron chi connectivity index (χ3n) is 14.3. The Morgan fingerprint density at radius 2 is 1.68 bits per heavy atom. The molecule has 5 aliphatic rings. The molecule has 4 aromatic rings. The second-order valence-corrected chi connectivity index (χ2v) is 18.7. The Bertz CT molecular complexity index is 2690. The minimum Gasteiger partial charge on any atom is -0.496 e. The first-order chi connectivity index (χ1) is 35.7. The number of unbranched alkanes of at least 4 members (excludes halogenated alkanes) is 2. The van der Waals surface area contributed by atoms with E-state index >= 15 is 4.79 Å². The second-order valence-electron chi connectivity index (χ2n) is 18.7. The van der Waals surface area contributed by atoms with Gasteiger partial charge >= 0.3 is 6.09 Å². The quantitative estimate of drug-likeness (QED) is 0.0246. The lowest BCUT2D eigenvalue weighted by molar-refractivity contribution is -0.384. The molecule has 386 valence electrons. The van der Waals surface area contributed by atoms with Crippen LogP contribution in [0.4, 0.5) is 10.5 Å². The molecule has 7 atom stereocenters. The predicted molar refractivity (Wildman–Crippen MR) is 265 cm³/mol. The largest absolute Gasteiger partial charge is 0.496 e. The van der Waals surface area contributed by atoms with Crippen LogP contribution in [0.3, 0.4) is 0 Å². The van der Waals surface area contributed by atoms with E-state index in [0.29, 0.717) is 96.3 Å². The summed E-state index contributed by atoms with van der Waals surface area (Å²) < 4.78 is 50.1. The van der Waals surface area contributed by atoms with E-state index in [2.05, 4.69) is 12.7 Å². The standard InChI is InChI=1S/C55H61N3O15/c1-3-25-69-55-50(57(32-35-13-20-48-49(27-35)68-34-67-48)54(62)71-39-16-14-38(15-17-39)58(63)64)31-45(56-73-51-12-6-9-26-66-51)43-29-36(10-4-7-23-59)42(11-5-8-24-60)52(53(43)55)44-30-41(19-22-47(44)72-55)70-40-18-21-46(65-2)37(28-40)33-61/h3,13-22,27-30,33,36,42,50-53,59-60H,1,4-12,23-26,31-32,34H2,2H3/t36-,42+,50-,51?,52+,53+,55+/m0/s1. The average Bonchev–Trinajstić information content (AvgIpc) is 3.89. The van der Waals surface area contributed by atoms with Crippen LogP contribution in [0, 0.1) is 27.9 Å². The Balaban J connectivity index is 1.24. The van der Waals surface area contributed by atoms with Gasteiger partial charge in [-0.3, -0.25) is 19.8 Å². The highest BCUT2D eigenvalue weighted by atomic mass is 16.8. The van der Waals surface area contributed by atoms with E-state index in [1.165, 1.54) is 31.4 Å². The number of aliphatic hydroxyl groups is 2. The van der Waals surface area contributed by atoms with Gasteiger partial charge in [-0.1, -0.05) is 36.2 Å². The van der Waals surface area contributed by atoms with Crippen LogP contribution in [0.5, 0.6) is 40.2 Å². The Labute approximate surface area is 423 Å². The van der Waals surface area contributed by atoms with E-state index in [4.69, 9.17) is 47.9 Å². The monoisotopic (exact) mass is 1000 g/mol. The summed E-state index contributed by atoms with van der Waals surface area (Å²) in [6, 6.07) is 20.2. The SMILES string of the molecule is C=CCO[C@@]12Oc3ccc(Oc4ccc(OC)c(C=O)c4)cc3[C@H]3[C@H](CCCCO)[C@@H](CCCCO)C=C(C(=NOC4CCCCO4)C[C@@H]1N(Cc1ccc4c(c1)OCO4)C(=O)Oc1ccc([N+](=O)[O-])cc1)[C@H]32. The highest BCUT2D eigenvalue weighted by molar-refractivity contribution is 6.03. The molecule has 73 heavy (non-hydrogen) atoms. The first-order valence-electron chi connectivity index (χ1n) is 24.9. The lowest BCUT2D eigenvalue weighted by Gasteiger charge is -2.59. The van der Waals surface area contributed by atoms with E-state index in [1.807, 2.05) is 18.2 Å². The van der Waals surface area contributed by atoms with Gasteiger partial charge in [0, 0.05) is 56.2 Å². The minimum absolute atomic E-state index is 0.00330. The van der Waals surface area contributed by atoms with Crippen molar-refractivity contribution >= 4 is 23.8 Å². The molecule has 2 N–H and O–H groups in total. The number of hydrogen-bond donors (Lipinski definition) is 2. The van der Waals surface area contributed by atoms with Gasteiger partial charge in [0.2, 0.25) is 18.9 Å². The summed E-state index contributed by atoms with van der Waals surface area (Å²) in [7, 11) is 1.49. The summed E-state index contributed by atoms with van der Waals surface area (Å²) in [6.45, 7) is 4.60. The fourth-order valence-electron chi connectivity index (χ4n) is 11.0. The van der Waals surface area contributed by atoms with Gasteiger partial charge in [0.05, 0.1) is 42.4 Å². The Hall–Kier alpha value is -6.99. The van der Waals surface area contributed by atoms with Gasteiger partial charge in [-0.25, -0.2) is 4.79 Å². The van der Waals surface area contributed by atoms with Gasteiger partial charge in [-0.15, -0.1) is 6.58 Å². The highest BCUT2D eigenvalue weighted by Gasteiger charge is 2.66. The van der Waals surface area contributed by atoms with Gasteiger partial charge < -0.3 is 52.9 Å². The highest BCUT2D eigenvalue weighted by Crippen LogP contribution is 2.62. The molecule has 2 aliphatic carbocycles. The summed E-state index contributed by atoms with van der Waals surface area (Å²) in [5.41, 5.74) is 2.97. The van der Waals surface area contributed by atoms with Crippen LogP contribution in [-0.4, -0.2) is 96.6 Å². The average molecular weight is 1000 g/mol. The number of benzene rings is 4. The van der Waals surface area contributed by atoms with Crippen LogP contribution < -0.4 is 28.4 Å². The molecule has 0 spiro atoms. The first-order valence-corrected chi connectivity index (χ1v) is 24.9. The first kappa shape index (κ1) is 50.9. The van der Waals surface area contributed by atoms with E-state index < -0.39 is 41.0 Å². The normalized spacial score (nSPS) is 24.0. The molecule has 18 heteroatoms. The van der Waals surface area contributed by atoms with E-state index in [9.17, 15) is 25.1 Å². The molecule has 1 amide bonds. The third-order valence-corrected chi connectivity index (χ3v) is 14.3. The molecular weight excluding hydrogens is 943 g/mol. The second kappa shape index (κ2) is 23.3. The molecule has 1 saturated carbocycles. The number of aldehydes is 1. The van der Waals surface area contributed by atoms with Crippen LogP contribution in [-0.2, 0) is 20.9 Å². The maximum absolute atomic E-state index is 15.3. The van der Waals surface area contributed by atoms with Crippen molar-refractivity contribution in [3.8, 4) is 40.2 Å². The van der Waals surface area contributed by atoms with Crippen molar-refractivity contribution in [3.05, 3.63) is 130 Å². The number of aliphatic hydroxyl groups excluding tert-OH is 2. The fraction of sp³-hybridized carbons (Fsp3) is 0.436. The molecule has 1 saturated heterocycles. The van der Waals surface area contributed by atoms with Crippen molar-refractivity contribution in [1.29, 1.82) is 0 Å². The van der Waals surface area contributed by atoms with Crippen LogP contribution >= 0.6 is 0 Å². The number of nitrogens with zero attached hydrogens (tertiary/aromatic N) is 3. The van der Waals surface area contributed by atoms with Crippen LogP contribution in [0.1, 0.15) is 91.6 Å². The maximum Gasteiger partial charge on any atom is 0.416 e. The lowest BCUT2D eigenvalue weighted by atomic mass is 9.55. The zero-order valence-electron chi connectivity index (χ0n) is 40.8. The van der Waals surface area contributed by atoms with Crippen LogP contribution in [0.15, 0.2) is 108 Å². The predicted octanol–water partition coefficient (Wildman–Crippen LogP) is 9.80. The lowest BCUT2D eigenvalue weighted by Crippen LogP contribution is -2.70. The molecule has 4 aromatic carbocycles. The summed E-state index contributed by atoms with van der Waals surface area (Å²) in [5.74, 6) is -0.0507. The molecule has 0 radical (unpaired) electrons. The Kier molecular flexibility index (Phi) is 16.2. The maximum atomic E-state index is 15.3. The zero-order chi connectivity index (χ0) is 50.9. The van der Waals surface area contributed by atoms with Crippen molar-refractivity contribution in [1.82, 2.24) is 4.90 Å². The van der Waals surface area contributed by atoms with Gasteiger partial charge in [0.1, 0.15) is 34.8 Å². The number of carbonyl (C=O) groups is 2. The number of allylic oxidation sites excluding steroid dienone is 1. The van der Waals surface area contributed by atoms with Crippen molar-refractivity contribution in [2.75, 3.05) is 40.3 Å². The number of non-ortho nitro benzene ring substituents is 1. The van der Waals surface area contributed by atoms with E-state index in [-0.39, 0.29) is 62.9 Å².